The summed E-state index contributed by atoms with van der Waals surface area (Å²) >= 11 is 0. The van der Waals surface area contributed by atoms with Crippen molar-refractivity contribution in [2.75, 3.05) is 6.61 Å². The molecule has 2 heteroatoms. The van der Waals surface area contributed by atoms with Crippen molar-refractivity contribution in [2.24, 2.45) is 5.41 Å². The van der Waals surface area contributed by atoms with Crippen molar-refractivity contribution in [3.63, 3.8) is 0 Å². The highest BCUT2D eigenvalue weighted by Gasteiger charge is 2.22. The lowest BCUT2D eigenvalue weighted by Gasteiger charge is -2.23. The van der Waals surface area contributed by atoms with Crippen molar-refractivity contribution in [1.29, 1.82) is 0 Å². The van der Waals surface area contributed by atoms with Gasteiger partial charge in [-0.2, -0.15) is 0 Å². The van der Waals surface area contributed by atoms with E-state index >= 15 is 0 Å². The molecule has 0 heterocycles. The Morgan fingerprint density at radius 3 is 2.43 bits per heavy atom. The highest BCUT2D eigenvalue weighted by molar-refractivity contribution is 5.85. The second-order valence-corrected chi connectivity index (χ2v) is 7.32. The number of carbonyl (C=O) groups is 1. The van der Waals surface area contributed by atoms with E-state index in [1.165, 1.54) is 37.7 Å². The summed E-state index contributed by atoms with van der Waals surface area (Å²) in [6.45, 7) is 8.02. The van der Waals surface area contributed by atoms with Crippen molar-refractivity contribution < 1.29 is 9.53 Å². The summed E-state index contributed by atoms with van der Waals surface area (Å²) in [6.07, 6.45) is 6.69. The Kier molecular flexibility index (Phi) is 5.08. The molecule has 0 unspecified atom stereocenters. The van der Waals surface area contributed by atoms with Crippen LogP contribution in [0.5, 0.6) is 5.75 Å². The summed E-state index contributed by atoms with van der Waals surface area (Å²) in [4.78, 5) is 11.9. The molecule has 2 nitrogen and oxygen atoms in total. The lowest BCUT2D eigenvalue weighted by molar-refractivity contribution is -0.128. The molecule has 0 saturated heterocycles. The van der Waals surface area contributed by atoms with Gasteiger partial charge < -0.3 is 4.74 Å². The topological polar surface area (TPSA) is 26.3 Å². The molecule has 1 aliphatic carbocycles. The standard InChI is InChI=1S/C19H28O2/c1-14-12-16(15-8-6-5-7-9-15)10-11-17(14)21-13-18(20)19(2,3)4/h10-12,15H,5-9,13H2,1-4H3. The average molecular weight is 288 g/mol. The molecule has 1 saturated carbocycles. The number of benzene rings is 1. The highest BCUT2D eigenvalue weighted by Crippen LogP contribution is 2.34. The second-order valence-electron chi connectivity index (χ2n) is 7.32. The predicted molar refractivity (Wildman–Crippen MR) is 87.0 cm³/mol. The summed E-state index contributed by atoms with van der Waals surface area (Å²) in [6, 6.07) is 6.46. The fourth-order valence-electron chi connectivity index (χ4n) is 2.88. The summed E-state index contributed by atoms with van der Waals surface area (Å²) in [5, 5.41) is 0. The molecule has 0 aromatic heterocycles. The second kappa shape index (κ2) is 6.64. The van der Waals surface area contributed by atoms with Crippen LogP contribution in [0.4, 0.5) is 0 Å². The first-order valence-corrected chi connectivity index (χ1v) is 8.14. The van der Waals surface area contributed by atoms with E-state index in [2.05, 4.69) is 19.1 Å². The van der Waals surface area contributed by atoms with Crippen LogP contribution >= 0.6 is 0 Å². The highest BCUT2D eigenvalue weighted by atomic mass is 16.5. The first kappa shape index (κ1) is 16.1. The number of hydrogen-bond acceptors (Lipinski definition) is 2. The first-order chi connectivity index (χ1) is 9.88. The van der Waals surface area contributed by atoms with Crippen LogP contribution in [-0.2, 0) is 4.79 Å². The van der Waals surface area contributed by atoms with Crippen LogP contribution in [0, 0.1) is 12.3 Å². The lowest BCUT2D eigenvalue weighted by Crippen LogP contribution is -2.26. The zero-order valence-electron chi connectivity index (χ0n) is 13.9. The quantitative estimate of drug-likeness (QED) is 0.776. The minimum absolute atomic E-state index is 0.137. The Balaban J connectivity index is 2.00. The third-order valence-electron chi connectivity index (χ3n) is 4.47. The third-order valence-corrected chi connectivity index (χ3v) is 4.47. The molecule has 1 fully saturated rings. The molecule has 0 aliphatic heterocycles. The van der Waals surface area contributed by atoms with E-state index < -0.39 is 0 Å². The van der Waals surface area contributed by atoms with Gasteiger partial charge in [0.15, 0.2) is 5.78 Å². The summed E-state index contributed by atoms with van der Waals surface area (Å²) in [7, 11) is 0. The van der Waals surface area contributed by atoms with Gasteiger partial charge in [-0.1, -0.05) is 52.2 Å². The molecule has 0 bridgehead atoms. The summed E-state index contributed by atoms with van der Waals surface area (Å²) in [5.74, 6) is 1.69. The summed E-state index contributed by atoms with van der Waals surface area (Å²) < 4.78 is 5.72. The van der Waals surface area contributed by atoms with E-state index in [1.807, 2.05) is 26.8 Å². The van der Waals surface area contributed by atoms with E-state index in [0.717, 1.165) is 11.3 Å². The minimum Gasteiger partial charge on any atom is -0.486 e. The maximum absolute atomic E-state index is 11.9. The largest absolute Gasteiger partial charge is 0.486 e. The van der Waals surface area contributed by atoms with Crippen molar-refractivity contribution in [3.8, 4) is 5.75 Å². The fraction of sp³-hybridized carbons (Fsp3) is 0.632. The number of ketones is 1. The number of hydrogen-bond donors (Lipinski definition) is 0. The van der Waals surface area contributed by atoms with Crippen LogP contribution in [0.25, 0.3) is 0 Å². The van der Waals surface area contributed by atoms with Crippen LogP contribution in [0.1, 0.15) is 69.9 Å². The molecule has 0 spiro atoms. The smallest absolute Gasteiger partial charge is 0.175 e. The predicted octanol–water partition coefficient (Wildman–Crippen LogP) is 5.04. The Labute approximate surface area is 128 Å². The molecule has 1 aliphatic rings. The average Bonchev–Trinajstić information content (AvgIpc) is 2.45. The zero-order chi connectivity index (χ0) is 15.5. The number of aryl methyl sites for hydroxylation is 1. The normalized spacial score (nSPS) is 16.8. The van der Waals surface area contributed by atoms with E-state index in [4.69, 9.17) is 4.74 Å². The van der Waals surface area contributed by atoms with Gasteiger partial charge >= 0.3 is 0 Å². The Morgan fingerprint density at radius 1 is 1.19 bits per heavy atom. The molecular formula is C19H28O2. The van der Waals surface area contributed by atoms with Crippen molar-refractivity contribution >= 4 is 5.78 Å². The SMILES string of the molecule is Cc1cc(C2CCCCC2)ccc1OCC(=O)C(C)(C)C. The number of ether oxygens (including phenoxy) is 1. The molecule has 0 radical (unpaired) electrons. The third kappa shape index (κ3) is 4.33. The molecule has 1 aromatic rings. The molecule has 21 heavy (non-hydrogen) atoms. The molecule has 0 atom stereocenters. The van der Waals surface area contributed by atoms with Gasteiger partial charge in [0.2, 0.25) is 0 Å². The maximum Gasteiger partial charge on any atom is 0.175 e. The van der Waals surface area contributed by atoms with Gasteiger partial charge in [-0.15, -0.1) is 0 Å². The van der Waals surface area contributed by atoms with Gasteiger partial charge in [0.05, 0.1) is 0 Å². The molecule has 1 aromatic carbocycles. The molecule has 116 valence electrons. The zero-order valence-corrected chi connectivity index (χ0v) is 13.9. The monoisotopic (exact) mass is 288 g/mol. The van der Waals surface area contributed by atoms with Gasteiger partial charge in [0, 0.05) is 5.41 Å². The Hall–Kier alpha value is -1.31. The van der Waals surface area contributed by atoms with Gasteiger partial charge in [-0.25, -0.2) is 0 Å². The fourth-order valence-corrected chi connectivity index (χ4v) is 2.88. The molecular weight excluding hydrogens is 260 g/mol. The van der Waals surface area contributed by atoms with Gasteiger partial charge in [-0.3, -0.25) is 4.79 Å². The van der Waals surface area contributed by atoms with Crippen LogP contribution in [0.2, 0.25) is 0 Å². The van der Waals surface area contributed by atoms with Crippen molar-refractivity contribution in [1.82, 2.24) is 0 Å². The number of rotatable bonds is 4. The van der Waals surface area contributed by atoms with Crippen LogP contribution in [0.3, 0.4) is 0 Å². The molecule has 0 N–H and O–H groups in total. The number of Topliss-reactive ketones (excluding diaryl/α,β-unsaturated/α-hetero) is 1. The summed E-state index contributed by atoms with van der Waals surface area (Å²) in [5.41, 5.74) is 2.23. The van der Waals surface area contributed by atoms with Crippen LogP contribution in [0.15, 0.2) is 18.2 Å². The van der Waals surface area contributed by atoms with Crippen LogP contribution in [-0.4, -0.2) is 12.4 Å². The minimum atomic E-state index is -0.337. The Bertz CT molecular complexity index is 491. The first-order valence-electron chi connectivity index (χ1n) is 8.14. The van der Waals surface area contributed by atoms with Crippen molar-refractivity contribution in [3.05, 3.63) is 29.3 Å². The lowest BCUT2D eigenvalue weighted by atomic mass is 9.83. The number of carbonyl (C=O) groups excluding carboxylic acids is 1. The molecule has 2 rings (SSSR count). The van der Waals surface area contributed by atoms with Gasteiger partial charge in [0.1, 0.15) is 12.4 Å². The van der Waals surface area contributed by atoms with E-state index in [9.17, 15) is 4.79 Å². The molecule has 0 amide bonds. The van der Waals surface area contributed by atoms with E-state index in [1.54, 1.807) is 0 Å². The van der Waals surface area contributed by atoms with Crippen molar-refractivity contribution in [2.45, 2.75) is 65.7 Å². The van der Waals surface area contributed by atoms with E-state index in [-0.39, 0.29) is 17.8 Å². The van der Waals surface area contributed by atoms with E-state index in [0.29, 0.717) is 5.92 Å². The Morgan fingerprint density at radius 2 is 1.86 bits per heavy atom. The maximum atomic E-state index is 11.9. The van der Waals surface area contributed by atoms with Gasteiger partial charge in [0.25, 0.3) is 0 Å². The van der Waals surface area contributed by atoms with Crippen LogP contribution < -0.4 is 4.74 Å². The van der Waals surface area contributed by atoms with Gasteiger partial charge in [-0.05, 0) is 42.9 Å².